The third-order valence-corrected chi connectivity index (χ3v) is 2.11. The van der Waals surface area contributed by atoms with Crippen LogP contribution in [0.3, 0.4) is 0 Å². The van der Waals surface area contributed by atoms with Gasteiger partial charge in [-0.05, 0) is 6.07 Å². The summed E-state index contributed by atoms with van der Waals surface area (Å²) in [7, 11) is 1.07. The van der Waals surface area contributed by atoms with Crippen molar-refractivity contribution in [3.05, 3.63) is 35.6 Å². The maximum Gasteiger partial charge on any atom is 0.333 e. The normalized spacial score (nSPS) is 14.4. The van der Waals surface area contributed by atoms with Crippen LogP contribution in [0.25, 0.3) is 0 Å². The molecule has 0 aromatic heterocycles. The number of rotatable bonds is 3. The lowest BCUT2D eigenvalue weighted by Gasteiger charge is -2.23. The minimum absolute atomic E-state index is 0.209. The van der Waals surface area contributed by atoms with Crippen molar-refractivity contribution in [1.29, 1.82) is 0 Å². The van der Waals surface area contributed by atoms with Crippen molar-refractivity contribution in [2.24, 2.45) is 5.73 Å². The zero-order valence-electron chi connectivity index (χ0n) is 8.17. The molecule has 0 aliphatic rings. The summed E-state index contributed by atoms with van der Waals surface area (Å²) < 4.78 is 30.4. The molecule has 0 aliphatic carbocycles. The lowest BCUT2D eigenvalue weighted by Crippen LogP contribution is -2.48. The van der Waals surface area contributed by atoms with Gasteiger partial charge in [-0.2, -0.15) is 0 Å². The monoisotopic (exact) mass is 215 g/mol. The minimum atomic E-state index is -2.07. The van der Waals surface area contributed by atoms with E-state index in [0.29, 0.717) is 0 Å². The summed E-state index contributed by atoms with van der Waals surface area (Å²) in [6.45, 7) is -1.22. The highest BCUT2D eigenvalue weighted by Gasteiger charge is 2.39. The molecule has 0 bridgehead atoms. The maximum absolute atomic E-state index is 13.3. The zero-order chi connectivity index (χ0) is 11.5. The summed E-state index contributed by atoms with van der Waals surface area (Å²) in [6, 6.07) is 5.26. The maximum atomic E-state index is 13.3. The number of benzene rings is 1. The highest BCUT2D eigenvalue weighted by molar-refractivity contribution is 5.82. The van der Waals surface area contributed by atoms with Crippen LogP contribution in [-0.4, -0.2) is 19.8 Å². The Labute approximate surface area is 85.8 Å². The third kappa shape index (κ3) is 1.97. The van der Waals surface area contributed by atoms with E-state index in [-0.39, 0.29) is 5.56 Å². The highest BCUT2D eigenvalue weighted by Crippen LogP contribution is 2.23. The van der Waals surface area contributed by atoms with E-state index in [0.717, 1.165) is 13.2 Å². The van der Waals surface area contributed by atoms with Gasteiger partial charge in [0.15, 0.2) is 5.54 Å². The molecule has 2 N–H and O–H groups in total. The predicted octanol–water partition coefficient (Wildman–Crippen LogP) is 1.12. The number of carbonyl (C=O) groups is 1. The van der Waals surface area contributed by atoms with E-state index in [4.69, 9.17) is 5.73 Å². The Morgan fingerprint density at radius 1 is 1.53 bits per heavy atom. The van der Waals surface area contributed by atoms with Crippen molar-refractivity contribution < 1.29 is 18.3 Å². The van der Waals surface area contributed by atoms with Crippen LogP contribution in [-0.2, 0) is 15.1 Å². The molecule has 15 heavy (non-hydrogen) atoms. The Kier molecular flexibility index (Phi) is 3.36. The number of halogens is 2. The second-order valence-electron chi connectivity index (χ2n) is 3.08. The first-order valence-electron chi connectivity index (χ1n) is 4.24. The summed E-state index contributed by atoms with van der Waals surface area (Å²) in [4.78, 5) is 11.3. The quantitative estimate of drug-likeness (QED) is 0.769. The van der Waals surface area contributed by atoms with Crippen molar-refractivity contribution in [2.45, 2.75) is 5.54 Å². The van der Waals surface area contributed by atoms with Gasteiger partial charge in [-0.1, -0.05) is 18.2 Å². The number of alkyl halides is 1. The Morgan fingerprint density at radius 3 is 2.60 bits per heavy atom. The second-order valence-corrected chi connectivity index (χ2v) is 3.08. The zero-order valence-corrected chi connectivity index (χ0v) is 8.17. The summed E-state index contributed by atoms with van der Waals surface area (Å²) in [5.41, 5.74) is 3.21. The molecule has 0 heterocycles. The fourth-order valence-corrected chi connectivity index (χ4v) is 1.24. The molecule has 5 heteroatoms. The smallest absolute Gasteiger partial charge is 0.333 e. The Bertz CT molecular complexity index is 370. The van der Waals surface area contributed by atoms with E-state index in [2.05, 4.69) is 4.74 Å². The van der Waals surface area contributed by atoms with Gasteiger partial charge in [-0.3, -0.25) is 0 Å². The molecule has 1 aromatic carbocycles. The molecule has 0 saturated carbocycles. The largest absolute Gasteiger partial charge is 0.467 e. The van der Waals surface area contributed by atoms with Crippen molar-refractivity contribution in [2.75, 3.05) is 13.8 Å². The number of ether oxygens (including phenoxy) is 1. The first-order chi connectivity index (χ1) is 7.06. The molecule has 0 saturated heterocycles. The lowest BCUT2D eigenvalue weighted by molar-refractivity contribution is -0.148. The van der Waals surface area contributed by atoms with Gasteiger partial charge in [0.1, 0.15) is 12.5 Å². The van der Waals surface area contributed by atoms with Gasteiger partial charge in [-0.15, -0.1) is 0 Å². The molecule has 1 aromatic rings. The summed E-state index contributed by atoms with van der Waals surface area (Å²) in [5, 5.41) is 0. The first kappa shape index (κ1) is 11.6. The molecule has 82 valence electrons. The highest BCUT2D eigenvalue weighted by atomic mass is 19.1. The SMILES string of the molecule is COC(=O)C(N)(CF)c1ccccc1F. The summed E-state index contributed by atoms with van der Waals surface area (Å²) in [5.74, 6) is -1.74. The van der Waals surface area contributed by atoms with Crippen LogP contribution in [0.5, 0.6) is 0 Å². The van der Waals surface area contributed by atoms with Crippen LogP contribution in [0.4, 0.5) is 8.78 Å². The average Bonchev–Trinajstić information content (AvgIpc) is 2.27. The van der Waals surface area contributed by atoms with Gasteiger partial charge in [0.2, 0.25) is 0 Å². The molecule has 1 rings (SSSR count). The molecule has 0 spiro atoms. The topological polar surface area (TPSA) is 52.3 Å². The summed E-state index contributed by atoms with van der Waals surface area (Å²) in [6.07, 6.45) is 0. The third-order valence-electron chi connectivity index (χ3n) is 2.11. The molecule has 0 radical (unpaired) electrons. The number of esters is 1. The van der Waals surface area contributed by atoms with E-state index in [9.17, 15) is 13.6 Å². The number of hydrogen-bond acceptors (Lipinski definition) is 3. The van der Waals surface area contributed by atoms with Gasteiger partial charge in [0, 0.05) is 5.56 Å². The van der Waals surface area contributed by atoms with E-state index >= 15 is 0 Å². The molecule has 3 nitrogen and oxygen atoms in total. The Morgan fingerprint density at radius 2 is 2.13 bits per heavy atom. The fraction of sp³-hybridized carbons (Fsp3) is 0.300. The summed E-state index contributed by atoms with van der Waals surface area (Å²) >= 11 is 0. The number of methoxy groups -OCH3 is 1. The van der Waals surface area contributed by atoms with Crippen molar-refractivity contribution >= 4 is 5.97 Å². The van der Waals surface area contributed by atoms with Crippen LogP contribution in [0, 0.1) is 5.82 Å². The minimum Gasteiger partial charge on any atom is -0.467 e. The molecule has 0 fully saturated rings. The van der Waals surface area contributed by atoms with E-state index in [1.807, 2.05) is 0 Å². The van der Waals surface area contributed by atoms with Crippen LogP contribution < -0.4 is 5.73 Å². The molecular formula is C10H11F2NO2. The number of hydrogen-bond donors (Lipinski definition) is 1. The van der Waals surface area contributed by atoms with Gasteiger partial charge < -0.3 is 10.5 Å². The van der Waals surface area contributed by atoms with Gasteiger partial charge in [0.05, 0.1) is 7.11 Å². The van der Waals surface area contributed by atoms with Gasteiger partial charge in [-0.25, -0.2) is 13.6 Å². The molecular weight excluding hydrogens is 204 g/mol. The van der Waals surface area contributed by atoms with Crippen LogP contribution >= 0.6 is 0 Å². The number of nitrogens with two attached hydrogens (primary N) is 1. The second kappa shape index (κ2) is 4.35. The first-order valence-corrected chi connectivity index (χ1v) is 4.24. The lowest BCUT2D eigenvalue weighted by atomic mass is 9.92. The average molecular weight is 215 g/mol. The van der Waals surface area contributed by atoms with E-state index in [1.165, 1.54) is 18.2 Å². The fourth-order valence-electron chi connectivity index (χ4n) is 1.24. The van der Waals surface area contributed by atoms with Crippen molar-refractivity contribution in [3.63, 3.8) is 0 Å². The van der Waals surface area contributed by atoms with Crippen molar-refractivity contribution in [3.8, 4) is 0 Å². The number of carbonyl (C=O) groups excluding carboxylic acids is 1. The van der Waals surface area contributed by atoms with E-state index in [1.54, 1.807) is 0 Å². The molecule has 1 atom stereocenters. The molecule has 1 unspecified atom stereocenters. The van der Waals surface area contributed by atoms with Gasteiger partial charge >= 0.3 is 5.97 Å². The predicted molar refractivity (Wildman–Crippen MR) is 50.3 cm³/mol. The molecule has 0 amide bonds. The Hall–Kier alpha value is -1.49. The van der Waals surface area contributed by atoms with Crippen LogP contribution in [0.15, 0.2) is 24.3 Å². The van der Waals surface area contributed by atoms with Crippen molar-refractivity contribution in [1.82, 2.24) is 0 Å². The van der Waals surface area contributed by atoms with Gasteiger partial charge in [0.25, 0.3) is 0 Å². The molecule has 0 aliphatic heterocycles. The van der Waals surface area contributed by atoms with E-state index < -0.39 is 24.0 Å². The standard InChI is InChI=1S/C10H11F2NO2/c1-15-9(14)10(13,6-11)7-4-2-3-5-8(7)12/h2-5H,6,13H2,1H3. The van der Waals surface area contributed by atoms with Crippen LogP contribution in [0.2, 0.25) is 0 Å². The Balaban J connectivity index is 3.23. The van der Waals surface area contributed by atoms with Crippen LogP contribution in [0.1, 0.15) is 5.56 Å².